The molecule has 0 saturated heterocycles. The van der Waals surface area contributed by atoms with Crippen LogP contribution < -0.4 is 15.4 Å². The molecule has 5 nitrogen and oxygen atoms in total. The third-order valence-electron chi connectivity index (χ3n) is 3.32. The molecule has 1 aromatic carbocycles. The van der Waals surface area contributed by atoms with Crippen molar-refractivity contribution in [3.63, 3.8) is 0 Å². The van der Waals surface area contributed by atoms with Gasteiger partial charge in [0.1, 0.15) is 12.4 Å². The van der Waals surface area contributed by atoms with Crippen molar-refractivity contribution in [2.45, 2.75) is 33.4 Å². The van der Waals surface area contributed by atoms with Gasteiger partial charge in [-0.15, -0.1) is 11.3 Å². The zero-order valence-corrected chi connectivity index (χ0v) is 13.8. The summed E-state index contributed by atoms with van der Waals surface area (Å²) in [5.41, 5.74) is 3.37. The zero-order valence-electron chi connectivity index (χ0n) is 13.0. The van der Waals surface area contributed by atoms with Crippen LogP contribution in [0.4, 0.5) is 10.5 Å². The fourth-order valence-electron chi connectivity index (χ4n) is 1.67. The number of carbonyl (C=O) groups excluding carboxylic acids is 1. The Kier molecular flexibility index (Phi) is 5.77. The molecule has 22 heavy (non-hydrogen) atoms. The van der Waals surface area contributed by atoms with Crippen molar-refractivity contribution in [3.8, 4) is 5.75 Å². The van der Waals surface area contributed by atoms with Crippen molar-refractivity contribution >= 4 is 23.1 Å². The van der Waals surface area contributed by atoms with Crippen LogP contribution in [0, 0.1) is 5.92 Å². The lowest BCUT2D eigenvalue weighted by Gasteiger charge is -2.18. The van der Waals surface area contributed by atoms with E-state index in [2.05, 4.69) is 29.5 Å². The quantitative estimate of drug-likeness (QED) is 0.849. The highest BCUT2D eigenvalue weighted by molar-refractivity contribution is 7.07. The second-order valence-electron chi connectivity index (χ2n) is 5.43. The standard InChI is InChI=1S/C16H21N3O2S/c1-11(2)12(3)18-16(20)19-13-5-4-6-15(7-13)21-8-14-9-22-10-17-14/h4-7,9-12H,8H2,1-3H3,(H2,18,19,20)/t12-/m1/s1. The van der Waals surface area contributed by atoms with Gasteiger partial charge in [0, 0.05) is 23.2 Å². The number of ether oxygens (including phenoxy) is 1. The minimum absolute atomic E-state index is 0.115. The van der Waals surface area contributed by atoms with Crippen molar-refractivity contribution in [2.75, 3.05) is 5.32 Å². The molecule has 0 radical (unpaired) electrons. The molecule has 1 heterocycles. The SMILES string of the molecule is CC(C)[C@@H](C)NC(=O)Nc1cccc(OCc2cscn2)c1. The molecule has 6 heteroatoms. The van der Waals surface area contributed by atoms with Gasteiger partial charge in [0.2, 0.25) is 0 Å². The predicted octanol–water partition coefficient (Wildman–Crippen LogP) is 3.89. The Morgan fingerprint density at radius 1 is 1.36 bits per heavy atom. The summed E-state index contributed by atoms with van der Waals surface area (Å²) in [6.07, 6.45) is 0. The van der Waals surface area contributed by atoms with Gasteiger partial charge in [-0.05, 0) is 25.0 Å². The first kappa shape index (κ1) is 16.3. The molecule has 0 unspecified atom stereocenters. The predicted molar refractivity (Wildman–Crippen MR) is 89.3 cm³/mol. The van der Waals surface area contributed by atoms with E-state index < -0.39 is 0 Å². The van der Waals surface area contributed by atoms with Gasteiger partial charge >= 0.3 is 6.03 Å². The second kappa shape index (κ2) is 7.79. The number of nitrogens with one attached hydrogen (secondary N) is 2. The van der Waals surface area contributed by atoms with Crippen LogP contribution in [-0.2, 0) is 6.61 Å². The highest BCUT2D eigenvalue weighted by atomic mass is 32.1. The Bertz CT molecular complexity index is 599. The first-order valence-electron chi connectivity index (χ1n) is 7.22. The van der Waals surface area contributed by atoms with Crippen molar-refractivity contribution in [2.24, 2.45) is 5.92 Å². The number of benzene rings is 1. The Morgan fingerprint density at radius 3 is 2.86 bits per heavy atom. The van der Waals surface area contributed by atoms with Gasteiger partial charge in [0.25, 0.3) is 0 Å². The van der Waals surface area contributed by atoms with Crippen LogP contribution in [0.25, 0.3) is 0 Å². The van der Waals surface area contributed by atoms with Crippen LogP contribution in [0.3, 0.4) is 0 Å². The van der Waals surface area contributed by atoms with E-state index in [-0.39, 0.29) is 12.1 Å². The molecular formula is C16H21N3O2S. The highest BCUT2D eigenvalue weighted by Gasteiger charge is 2.10. The summed E-state index contributed by atoms with van der Waals surface area (Å²) < 4.78 is 5.66. The Hall–Kier alpha value is -2.08. The molecule has 0 bridgehead atoms. The molecule has 1 aromatic heterocycles. The van der Waals surface area contributed by atoms with Gasteiger partial charge in [-0.2, -0.15) is 0 Å². The van der Waals surface area contributed by atoms with E-state index in [0.29, 0.717) is 24.0 Å². The number of anilines is 1. The fourth-order valence-corrected chi connectivity index (χ4v) is 2.21. The van der Waals surface area contributed by atoms with E-state index in [4.69, 9.17) is 4.74 Å². The van der Waals surface area contributed by atoms with E-state index in [1.165, 1.54) is 11.3 Å². The van der Waals surface area contributed by atoms with Gasteiger partial charge in [0.15, 0.2) is 0 Å². The summed E-state index contributed by atoms with van der Waals surface area (Å²) in [6, 6.07) is 7.23. The number of aromatic nitrogens is 1. The normalized spacial score (nSPS) is 12.0. The van der Waals surface area contributed by atoms with Crippen LogP contribution in [-0.4, -0.2) is 17.1 Å². The van der Waals surface area contributed by atoms with Gasteiger partial charge in [-0.25, -0.2) is 9.78 Å². The number of carbonyl (C=O) groups is 1. The molecule has 0 aliphatic rings. The van der Waals surface area contributed by atoms with Gasteiger partial charge in [-0.1, -0.05) is 19.9 Å². The number of thiazole rings is 1. The van der Waals surface area contributed by atoms with Crippen molar-refractivity contribution in [3.05, 3.63) is 40.8 Å². The van der Waals surface area contributed by atoms with E-state index in [1.807, 2.05) is 30.5 Å². The Morgan fingerprint density at radius 2 is 2.18 bits per heavy atom. The molecule has 1 atom stereocenters. The third kappa shape index (κ3) is 5.04. The molecule has 0 aliphatic heterocycles. The maximum absolute atomic E-state index is 11.9. The smallest absolute Gasteiger partial charge is 0.319 e. The van der Waals surface area contributed by atoms with Crippen molar-refractivity contribution < 1.29 is 9.53 Å². The van der Waals surface area contributed by atoms with Gasteiger partial charge < -0.3 is 15.4 Å². The second-order valence-corrected chi connectivity index (χ2v) is 6.15. The Balaban J connectivity index is 1.89. The average molecular weight is 319 g/mol. The summed E-state index contributed by atoms with van der Waals surface area (Å²) >= 11 is 1.54. The monoisotopic (exact) mass is 319 g/mol. The lowest BCUT2D eigenvalue weighted by Crippen LogP contribution is -2.38. The minimum Gasteiger partial charge on any atom is -0.487 e. The summed E-state index contributed by atoms with van der Waals surface area (Å²) in [5.74, 6) is 1.08. The highest BCUT2D eigenvalue weighted by Crippen LogP contribution is 2.18. The number of hydrogen-bond donors (Lipinski definition) is 2. The molecule has 2 aromatic rings. The topological polar surface area (TPSA) is 63.2 Å². The van der Waals surface area contributed by atoms with E-state index in [0.717, 1.165) is 5.69 Å². The molecule has 0 aliphatic carbocycles. The molecule has 2 N–H and O–H groups in total. The van der Waals surface area contributed by atoms with E-state index in [9.17, 15) is 4.79 Å². The number of nitrogens with zero attached hydrogens (tertiary/aromatic N) is 1. The molecule has 0 saturated carbocycles. The fraction of sp³-hybridized carbons (Fsp3) is 0.375. The first-order valence-corrected chi connectivity index (χ1v) is 8.16. The van der Waals surface area contributed by atoms with Crippen LogP contribution in [0.5, 0.6) is 5.75 Å². The first-order chi connectivity index (χ1) is 10.5. The van der Waals surface area contributed by atoms with Crippen molar-refractivity contribution in [1.29, 1.82) is 0 Å². The largest absolute Gasteiger partial charge is 0.487 e. The van der Waals surface area contributed by atoms with Crippen LogP contribution >= 0.6 is 11.3 Å². The number of hydrogen-bond acceptors (Lipinski definition) is 4. The van der Waals surface area contributed by atoms with Crippen molar-refractivity contribution in [1.82, 2.24) is 10.3 Å². The maximum Gasteiger partial charge on any atom is 0.319 e. The summed E-state index contributed by atoms with van der Waals surface area (Å²) in [7, 11) is 0. The number of rotatable bonds is 6. The number of urea groups is 1. The molecule has 2 rings (SSSR count). The van der Waals surface area contributed by atoms with Gasteiger partial charge in [0.05, 0.1) is 11.2 Å². The lowest BCUT2D eigenvalue weighted by molar-refractivity contribution is 0.246. The van der Waals surface area contributed by atoms with Gasteiger partial charge in [-0.3, -0.25) is 0 Å². The molecule has 0 fully saturated rings. The molecule has 2 amide bonds. The van der Waals surface area contributed by atoms with Crippen LogP contribution in [0.2, 0.25) is 0 Å². The average Bonchev–Trinajstić information content (AvgIpc) is 2.98. The van der Waals surface area contributed by atoms with E-state index >= 15 is 0 Å². The zero-order chi connectivity index (χ0) is 15.9. The summed E-state index contributed by atoms with van der Waals surface area (Å²) in [6.45, 7) is 6.54. The lowest BCUT2D eigenvalue weighted by atomic mass is 10.1. The van der Waals surface area contributed by atoms with E-state index in [1.54, 1.807) is 11.6 Å². The Labute approximate surface area is 134 Å². The summed E-state index contributed by atoms with van der Waals surface area (Å²) in [5, 5.41) is 7.67. The molecular weight excluding hydrogens is 298 g/mol. The minimum atomic E-state index is -0.210. The molecule has 0 spiro atoms. The van der Waals surface area contributed by atoms with Crippen LogP contribution in [0.15, 0.2) is 35.2 Å². The summed E-state index contributed by atoms with van der Waals surface area (Å²) in [4.78, 5) is 16.1. The third-order valence-corrected chi connectivity index (χ3v) is 3.96. The van der Waals surface area contributed by atoms with Crippen LogP contribution in [0.1, 0.15) is 26.5 Å². The maximum atomic E-state index is 11.9. The molecule has 118 valence electrons. The number of amides is 2.